The Morgan fingerprint density at radius 2 is 1.35 bits per heavy atom. The topological polar surface area (TPSA) is 27.7 Å². The Labute approximate surface area is 206 Å². The number of ether oxygens (including phenoxy) is 1. The molecule has 3 aromatic carbocycles. The van der Waals surface area contributed by atoms with Crippen LogP contribution in [0.3, 0.4) is 0 Å². The van der Waals surface area contributed by atoms with E-state index in [0.717, 1.165) is 16.3 Å². The van der Waals surface area contributed by atoms with Gasteiger partial charge in [0.15, 0.2) is 0 Å². The second-order valence-electron chi connectivity index (χ2n) is 11.3. The van der Waals surface area contributed by atoms with Gasteiger partial charge < -0.3 is 13.6 Å². The molecule has 1 heterocycles. The van der Waals surface area contributed by atoms with E-state index in [1.165, 1.54) is 0 Å². The SMILES string of the molecule is CC1(C)CO[C@](C)(c2ccccc2)[C@@H]1O[Si@](OCc1ccccc1)(c1ccccc1)C(C)(C)C. The van der Waals surface area contributed by atoms with Crippen LogP contribution >= 0.6 is 0 Å². The van der Waals surface area contributed by atoms with E-state index in [0.29, 0.717) is 13.2 Å². The van der Waals surface area contributed by atoms with E-state index in [9.17, 15) is 0 Å². The van der Waals surface area contributed by atoms with Crippen LogP contribution < -0.4 is 5.19 Å². The monoisotopic (exact) mass is 474 g/mol. The van der Waals surface area contributed by atoms with Crippen molar-refractivity contribution in [2.45, 2.75) is 64.9 Å². The molecule has 0 bridgehead atoms. The first-order valence-corrected chi connectivity index (χ1v) is 14.0. The number of hydrogen-bond donors (Lipinski definition) is 0. The van der Waals surface area contributed by atoms with Crippen molar-refractivity contribution in [3.8, 4) is 0 Å². The van der Waals surface area contributed by atoms with Crippen molar-refractivity contribution in [1.82, 2.24) is 0 Å². The van der Waals surface area contributed by atoms with Gasteiger partial charge in [0.2, 0.25) is 0 Å². The first-order chi connectivity index (χ1) is 16.1. The minimum absolute atomic E-state index is 0.177. The Balaban J connectivity index is 1.82. The minimum Gasteiger partial charge on any atom is -0.386 e. The summed E-state index contributed by atoms with van der Waals surface area (Å²) in [5.41, 5.74) is 1.53. The van der Waals surface area contributed by atoms with Crippen molar-refractivity contribution < 1.29 is 13.6 Å². The summed E-state index contributed by atoms with van der Waals surface area (Å²) in [6.45, 7) is 14.6. The van der Waals surface area contributed by atoms with Crippen molar-refractivity contribution in [3.05, 3.63) is 102 Å². The quantitative estimate of drug-likeness (QED) is 0.356. The van der Waals surface area contributed by atoms with Crippen LogP contribution in [-0.4, -0.2) is 21.3 Å². The molecule has 3 nitrogen and oxygen atoms in total. The number of rotatable bonds is 7. The summed E-state index contributed by atoms with van der Waals surface area (Å²) in [4.78, 5) is 0. The molecule has 3 atom stereocenters. The Bertz CT molecular complexity index is 1060. The van der Waals surface area contributed by atoms with Crippen LogP contribution in [-0.2, 0) is 25.8 Å². The van der Waals surface area contributed by atoms with Gasteiger partial charge in [-0.3, -0.25) is 0 Å². The van der Waals surface area contributed by atoms with Gasteiger partial charge in [0.05, 0.1) is 19.3 Å². The van der Waals surface area contributed by atoms with Crippen LogP contribution in [0, 0.1) is 5.41 Å². The van der Waals surface area contributed by atoms with Gasteiger partial charge in [-0.1, -0.05) is 126 Å². The molecular weight excluding hydrogens is 436 g/mol. The fourth-order valence-corrected chi connectivity index (χ4v) is 9.00. The molecule has 34 heavy (non-hydrogen) atoms. The Kier molecular flexibility index (Phi) is 6.89. The Morgan fingerprint density at radius 1 is 0.824 bits per heavy atom. The Morgan fingerprint density at radius 3 is 1.91 bits per heavy atom. The van der Waals surface area contributed by atoms with Crippen molar-refractivity contribution in [2.75, 3.05) is 6.61 Å². The zero-order chi connectivity index (χ0) is 24.5. The highest BCUT2D eigenvalue weighted by Crippen LogP contribution is 2.51. The summed E-state index contributed by atoms with van der Waals surface area (Å²) in [6, 6.07) is 31.4. The number of benzene rings is 3. The highest BCUT2D eigenvalue weighted by atomic mass is 28.4. The van der Waals surface area contributed by atoms with Crippen LogP contribution in [0.2, 0.25) is 5.04 Å². The summed E-state index contributed by atoms with van der Waals surface area (Å²) in [5, 5.41) is 0.927. The molecule has 3 aromatic rings. The van der Waals surface area contributed by atoms with Crippen molar-refractivity contribution >= 4 is 13.7 Å². The molecule has 1 aliphatic rings. The maximum absolute atomic E-state index is 7.45. The minimum atomic E-state index is -3.01. The van der Waals surface area contributed by atoms with E-state index in [2.05, 4.69) is 120 Å². The summed E-state index contributed by atoms with van der Waals surface area (Å²) in [5.74, 6) is 0. The standard InChI is InChI=1S/C30H38O3Si/c1-28(2,3)34(26-20-14-9-15-21-26,32-22-24-16-10-7-11-17-24)33-27-29(4,5)23-31-30(27,6)25-18-12-8-13-19-25/h7-21,27H,22-23H2,1-6H3/t27-,30-,34-/m1/s1. The molecule has 0 saturated carbocycles. The van der Waals surface area contributed by atoms with Crippen molar-refractivity contribution in [3.63, 3.8) is 0 Å². The molecule has 0 amide bonds. The summed E-state index contributed by atoms with van der Waals surface area (Å²) >= 11 is 0. The maximum atomic E-state index is 7.45. The average Bonchev–Trinajstić information content (AvgIpc) is 3.07. The molecule has 0 aliphatic carbocycles. The van der Waals surface area contributed by atoms with E-state index in [1.807, 2.05) is 12.1 Å². The van der Waals surface area contributed by atoms with Crippen LogP contribution in [0.4, 0.5) is 0 Å². The van der Waals surface area contributed by atoms with Crippen molar-refractivity contribution in [1.29, 1.82) is 0 Å². The molecule has 0 unspecified atom stereocenters. The predicted octanol–water partition coefficient (Wildman–Crippen LogP) is 6.71. The van der Waals surface area contributed by atoms with Gasteiger partial charge in [-0.25, -0.2) is 0 Å². The third-order valence-electron chi connectivity index (χ3n) is 7.01. The first kappa shape index (κ1) is 24.9. The number of hydrogen-bond acceptors (Lipinski definition) is 3. The first-order valence-electron chi connectivity index (χ1n) is 12.2. The summed E-state index contributed by atoms with van der Waals surface area (Å²) in [6.07, 6.45) is -0.177. The van der Waals surface area contributed by atoms with Crippen LogP contribution in [0.1, 0.15) is 52.7 Å². The van der Waals surface area contributed by atoms with Crippen molar-refractivity contribution in [2.24, 2.45) is 5.41 Å². The summed E-state index contributed by atoms with van der Waals surface area (Å²) in [7, 11) is -3.01. The lowest BCUT2D eigenvalue weighted by atomic mass is 9.78. The molecule has 0 N–H and O–H groups in total. The molecule has 1 aliphatic heterocycles. The lowest BCUT2D eigenvalue weighted by molar-refractivity contribution is -0.0592. The average molecular weight is 475 g/mol. The smallest absolute Gasteiger partial charge is 0.378 e. The molecule has 4 rings (SSSR count). The highest BCUT2D eigenvalue weighted by molar-refractivity contribution is 6.83. The molecule has 1 fully saturated rings. The van der Waals surface area contributed by atoms with Crippen LogP contribution in [0.5, 0.6) is 0 Å². The van der Waals surface area contributed by atoms with Gasteiger partial charge >= 0.3 is 8.56 Å². The van der Waals surface area contributed by atoms with E-state index in [-0.39, 0.29) is 16.6 Å². The molecule has 4 heteroatoms. The second-order valence-corrected chi connectivity index (χ2v) is 15.1. The largest absolute Gasteiger partial charge is 0.386 e. The zero-order valence-electron chi connectivity index (χ0n) is 21.4. The van der Waals surface area contributed by atoms with Gasteiger partial charge in [-0.05, 0) is 23.2 Å². The predicted molar refractivity (Wildman–Crippen MR) is 141 cm³/mol. The van der Waals surface area contributed by atoms with E-state index < -0.39 is 14.2 Å². The third kappa shape index (κ3) is 4.65. The lowest BCUT2D eigenvalue weighted by Crippen LogP contribution is -2.64. The summed E-state index contributed by atoms with van der Waals surface area (Å²) < 4.78 is 21.0. The fraction of sp³-hybridized carbons (Fsp3) is 0.400. The molecular formula is C30H38O3Si. The molecule has 0 aromatic heterocycles. The highest BCUT2D eigenvalue weighted by Gasteiger charge is 2.60. The van der Waals surface area contributed by atoms with Gasteiger partial charge in [0.25, 0.3) is 0 Å². The van der Waals surface area contributed by atoms with Gasteiger partial charge in [-0.2, -0.15) is 0 Å². The van der Waals surface area contributed by atoms with Gasteiger partial charge in [0.1, 0.15) is 5.60 Å². The van der Waals surface area contributed by atoms with Gasteiger partial charge in [-0.15, -0.1) is 0 Å². The van der Waals surface area contributed by atoms with E-state index in [1.54, 1.807) is 0 Å². The maximum Gasteiger partial charge on any atom is 0.378 e. The normalized spacial score (nSPS) is 24.0. The molecule has 0 radical (unpaired) electrons. The molecule has 0 spiro atoms. The van der Waals surface area contributed by atoms with Gasteiger partial charge in [0, 0.05) is 10.5 Å². The molecule has 1 saturated heterocycles. The van der Waals surface area contributed by atoms with E-state index >= 15 is 0 Å². The zero-order valence-corrected chi connectivity index (χ0v) is 22.4. The van der Waals surface area contributed by atoms with Crippen LogP contribution in [0.15, 0.2) is 91.0 Å². The third-order valence-corrected chi connectivity index (χ3v) is 11.2. The van der Waals surface area contributed by atoms with E-state index in [4.69, 9.17) is 13.6 Å². The second kappa shape index (κ2) is 9.42. The molecule has 180 valence electrons. The lowest BCUT2D eigenvalue weighted by Gasteiger charge is -2.47. The van der Waals surface area contributed by atoms with Crippen LogP contribution in [0.25, 0.3) is 0 Å². The Hall–Kier alpha value is -2.24. The fourth-order valence-electron chi connectivity index (χ4n) is 5.10.